The first-order chi connectivity index (χ1) is 12.7. The first-order valence-electron chi connectivity index (χ1n) is 9.79. The highest BCUT2D eigenvalue weighted by Gasteiger charge is 2.26. The largest absolute Gasteiger partial charge is 0.508 e. The van der Waals surface area contributed by atoms with Crippen LogP contribution in [-0.2, 0) is 6.42 Å². The SMILES string of the molecule is CN(CC(CO)Cc1ccccc1)C1CCC(c2ccc(O)cc2)CC1. The molecule has 1 aliphatic rings. The van der Waals surface area contributed by atoms with Crippen molar-refractivity contribution in [3.63, 3.8) is 0 Å². The topological polar surface area (TPSA) is 43.7 Å². The molecule has 3 rings (SSSR count). The monoisotopic (exact) mass is 353 g/mol. The number of phenols is 1. The van der Waals surface area contributed by atoms with Crippen LogP contribution in [-0.4, -0.2) is 41.4 Å². The summed E-state index contributed by atoms with van der Waals surface area (Å²) in [5, 5.41) is 19.3. The van der Waals surface area contributed by atoms with Gasteiger partial charge in [-0.2, -0.15) is 0 Å². The summed E-state index contributed by atoms with van der Waals surface area (Å²) >= 11 is 0. The van der Waals surface area contributed by atoms with Crippen molar-refractivity contribution in [1.82, 2.24) is 4.90 Å². The van der Waals surface area contributed by atoms with Crippen LogP contribution >= 0.6 is 0 Å². The minimum atomic E-state index is 0.238. The van der Waals surface area contributed by atoms with Gasteiger partial charge in [-0.25, -0.2) is 0 Å². The molecule has 26 heavy (non-hydrogen) atoms. The maximum absolute atomic E-state index is 9.80. The van der Waals surface area contributed by atoms with E-state index < -0.39 is 0 Å². The number of hydrogen-bond donors (Lipinski definition) is 2. The van der Waals surface area contributed by atoms with Gasteiger partial charge in [0.15, 0.2) is 0 Å². The molecule has 0 spiro atoms. The van der Waals surface area contributed by atoms with Gasteiger partial charge in [0.25, 0.3) is 0 Å². The molecule has 1 atom stereocenters. The van der Waals surface area contributed by atoms with Crippen molar-refractivity contribution in [1.29, 1.82) is 0 Å². The number of aromatic hydroxyl groups is 1. The van der Waals surface area contributed by atoms with Crippen LogP contribution in [0.5, 0.6) is 5.75 Å². The molecule has 0 saturated heterocycles. The van der Waals surface area contributed by atoms with Crippen molar-refractivity contribution in [2.45, 2.75) is 44.1 Å². The lowest BCUT2D eigenvalue weighted by Crippen LogP contribution is -2.39. The molecule has 1 fully saturated rings. The molecule has 1 unspecified atom stereocenters. The maximum atomic E-state index is 9.80. The highest BCUT2D eigenvalue weighted by Crippen LogP contribution is 2.35. The van der Waals surface area contributed by atoms with Crippen LogP contribution in [0.3, 0.4) is 0 Å². The molecular weight excluding hydrogens is 322 g/mol. The second kappa shape index (κ2) is 9.20. The minimum absolute atomic E-state index is 0.238. The molecule has 0 aromatic heterocycles. The second-order valence-electron chi connectivity index (χ2n) is 7.77. The van der Waals surface area contributed by atoms with Crippen LogP contribution in [0.4, 0.5) is 0 Å². The fourth-order valence-electron chi connectivity index (χ4n) is 4.29. The Hall–Kier alpha value is -1.84. The fraction of sp³-hybridized carbons (Fsp3) is 0.478. The molecule has 0 heterocycles. The zero-order valence-corrected chi connectivity index (χ0v) is 15.7. The number of benzene rings is 2. The highest BCUT2D eigenvalue weighted by molar-refractivity contribution is 5.28. The molecule has 140 valence electrons. The number of hydrogen-bond acceptors (Lipinski definition) is 3. The average molecular weight is 354 g/mol. The molecule has 0 aliphatic heterocycles. The molecule has 0 amide bonds. The third-order valence-electron chi connectivity index (χ3n) is 5.86. The van der Waals surface area contributed by atoms with Crippen LogP contribution in [0.1, 0.15) is 42.7 Å². The molecule has 1 aliphatic carbocycles. The molecule has 2 N–H and O–H groups in total. The summed E-state index contributed by atoms with van der Waals surface area (Å²) in [6, 6.07) is 18.8. The van der Waals surface area contributed by atoms with E-state index in [2.05, 4.69) is 48.3 Å². The van der Waals surface area contributed by atoms with Crippen molar-refractivity contribution in [2.24, 2.45) is 5.92 Å². The molecule has 3 nitrogen and oxygen atoms in total. The van der Waals surface area contributed by atoms with E-state index in [4.69, 9.17) is 0 Å². The van der Waals surface area contributed by atoms with Gasteiger partial charge in [-0.05, 0) is 74.2 Å². The minimum Gasteiger partial charge on any atom is -0.508 e. The van der Waals surface area contributed by atoms with Crippen molar-refractivity contribution >= 4 is 0 Å². The molecule has 0 bridgehead atoms. The first-order valence-corrected chi connectivity index (χ1v) is 9.79. The number of rotatable bonds is 7. The van der Waals surface area contributed by atoms with Gasteiger partial charge in [-0.1, -0.05) is 42.5 Å². The standard InChI is InChI=1S/C23H31NO2/c1-24(16-19(17-25)15-18-5-3-2-4-6-18)22-11-7-20(8-12-22)21-9-13-23(26)14-10-21/h2-6,9-10,13-14,19-20,22,25-26H,7-8,11-12,15-17H2,1H3. The second-order valence-corrected chi connectivity index (χ2v) is 7.77. The van der Waals surface area contributed by atoms with E-state index in [0.29, 0.717) is 17.7 Å². The summed E-state index contributed by atoms with van der Waals surface area (Å²) in [7, 11) is 2.21. The summed E-state index contributed by atoms with van der Waals surface area (Å²) in [4.78, 5) is 2.46. The fourth-order valence-corrected chi connectivity index (χ4v) is 4.29. The Bertz CT molecular complexity index is 648. The third-order valence-corrected chi connectivity index (χ3v) is 5.86. The Kier molecular flexibility index (Phi) is 6.70. The van der Waals surface area contributed by atoms with Gasteiger partial charge in [0.2, 0.25) is 0 Å². The van der Waals surface area contributed by atoms with E-state index >= 15 is 0 Å². The molecule has 1 saturated carbocycles. The summed E-state index contributed by atoms with van der Waals surface area (Å²) < 4.78 is 0. The van der Waals surface area contributed by atoms with Gasteiger partial charge in [-0.15, -0.1) is 0 Å². The first kappa shape index (κ1) is 18.9. The van der Waals surface area contributed by atoms with Crippen LogP contribution in [0.15, 0.2) is 54.6 Å². The number of aliphatic hydroxyl groups excluding tert-OH is 1. The van der Waals surface area contributed by atoms with E-state index in [0.717, 1.165) is 13.0 Å². The normalized spacial score (nSPS) is 21.7. The average Bonchev–Trinajstić information content (AvgIpc) is 2.69. The van der Waals surface area contributed by atoms with Crippen molar-refractivity contribution < 1.29 is 10.2 Å². The van der Waals surface area contributed by atoms with Gasteiger partial charge in [0.1, 0.15) is 5.75 Å². The molecule has 0 radical (unpaired) electrons. The van der Waals surface area contributed by atoms with Crippen LogP contribution in [0, 0.1) is 5.92 Å². The summed E-state index contributed by atoms with van der Waals surface area (Å²) in [5.74, 6) is 1.24. The van der Waals surface area contributed by atoms with E-state index in [-0.39, 0.29) is 12.5 Å². The lowest BCUT2D eigenvalue weighted by molar-refractivity contribution is 0.127. The Morgan fingerprint density at radius 1 is 0.962 bits per heavy atom. The van der Waals surface area contributed by atoms with Gasteiger partial charge < -0.3 is 15.1 Å². The molecule has 2 aromatic rings. The quantitative estimate of drug-likeness (QED) is 0.784. The zero-order chi connectivity index (χ0) is 18.4. The molecular formula is C23H31NO2. The lowest BCUT2D eigenvalue weighted by Gasteiger charge is -2.36. The Morgan fingerprint density at radius 3 is 2.23 bits per heavy atom. The summed E-state index contributed by atoms with van der Waals surface area (Å²) in [5.41, 5.74) is 2.65. The van der Waals surface area contributed by atoms with Crippen molar-refractivity contribution in [3.8, 4) is 5.75 Å². The van der Waals surface area contributed by atoms with Crippen molar-refractivity contribution in [2.75, 3.05) is 20.2 Å². The summed E-state index contributed by atoms with van der Waals surface area (Å²) in [6.07, 6.45) is 5.73. The van der Waals surface area contributed by atoms with Gasteiger partial charge in [-0.3, -0.25) is 0 Å². The Morgan fingerprint density at radius 2 is 1.62 bits per heavy atom. The smallest absolute Gasteiger partial charge is 0.115 e. The highest BCUT2D eigenvalue weighted by atomic mass is 16.3. The van der Waals surface area contributed by atoms with Gasteiger partial charge in [0, 0.05) is 19.2 Å². The predicted octanol–water partition coefficient (Wildman–Crippen LogP) is 4.20. The zero-order valence-electron chi connectivity index (χ0n) is 15.7. The van der Waals surface area contributed by atoms with E-state index in [1.807, 2.05) is 6.07 Å². The van der Waals surface area contributed by atoms with Crippen LogP contribution in [0.2, 0.25) is 0 Å². The molecule has 2 aromatic carbocycles. The Labute approximate surface area is 157 Å². The van der Waals surface area contributed by atoms with Crippen LogP contribution < -0.4 is 0 Å². The van der Waals surface area contributed by atoms with E-state index in [1.54, 1.807) is 12.1 Å². The number of aliphatic hydroxyl groups is 1. The van der Waals surface area contributed by atoms with Crippen LogP contribution in [0.25, 0.3) is 0 Å². The number of phenolic OH excluding ortho intramolecular Hbond substituents is 1. The lowest BCUT2D eigenvalue weighted by atomic mass is 9.81. The Balaban J connectivity index is 1.49. The molecule has 3 heteroatoms. The van der Waals surface area contributed by atoms with Gasteiger partial charge in [0.05, 0.1) is 0 Å². The maximum Gasteiger partial charge on any atom is 0.115 e. The van der Waals surface area contributed by atoms with Gasteiger partial charge >= 0.3 is 0 Å². The predicted molar refractivity (Wildman–Crippen MR) is 106 cm³/mol. The van der Waals surface area contributed by atoms with Crippen molar-refractivity contribution in [3.05, 3.63) is 65.7 Å². The third kappa shape index (κ3) is 5.09. The van der Waals surface area contributed by atoms with E-state index in [9.17, 15) is 10.2 Å². The van der Waals surface area contributed by atoms with E-state index in [1.165, 1.54) is 36.8 Å². The summed E-state index contributed by atoms with van der Waals surface area (Å²) in [6.45, 7) is 1.18. The number of nitrogens with zero attached hydrogens (tertiary/aromatic N) is 1.